The number of hydrogen-bond donors (Lipinski definition) is 3. The van der Waals surface area contributed by atoms with E-state index in [1.165, 1.54) is 0 Å². The summed E-state index contributed by atoms with van der Waals surface area (Å²) in [6.07, 6.45) is 1.89. The van der Waals surface area contributed by atoms with Crippen molar-refractivity contribution in [2.24, 2.45) is 0 Å². The highest BCUT2D eigenvalue weighted by Gasteiger charge is 2.25. The fourth-order valence-corrected chi connectivity index (χ4v) is 1.31. The van der Waals surface area contributed by atoms with Crippen LogP contribution in [-0.4, -0.2) is 36.1 Å². The minimum Gasteiger partial charge on any atom is -0.480 e. The number of quaternary nitrogens is 1. The van der Waals surface area contributed by atoms with Crippen molar-refractivity contribution in [2.75, 3.05) is 13.1 Å². The normalized spacial score (nSPS) is 22.2. The van der Waals surface area contributed by atoms with Gasteiger partial charge in [-0.05, 0) is 0 Å². The maximum absolute atomic E-state index is 11.1. The van der Waals surface area contributed by atoms with E-state index in [9.17, 15) is 9.59 Å². The van der Waals surface area contributed by atoms with Crippen LogP contribution in [0.3, 0.4) is 0 Å². The molecule has 68 valence electrons. The van der Waals surface area contributed by atoms with Gasteiger partial charge in [-0.15, -0.1) is 0 Å². The molecule has 0 aromatic rings. The Kier molecular flexibility index (Phi) is 3.04. The standard InChI is InChI=1S/C7H12N2O3/c10-6(11)4-9-7(12)5-2-1-3-8-5/h5,8H,1-4H2,(H,9,12)(H,10,11)/p+1. The third-order valence-electron chi connectivity index (χ3n) is 1.92. The molecule has 0 bridgehead atoms. The summed E-state index contributed by atoms with van der Waals surface area (Å²) < 4.78 is 0. The quantitative estimate of drug-likeness (QED) is 0.457. The molecule has 0 aromatic carbocycles. The van der Waals surface area contributed by atoms with Crippen LogP contribution in [0.2, 0.25) is 0 Å². The lowest BCUT2D eigenvalue weighted by Crippen LogP contribution is -2.89. The summed E-state index contributed by atoms with van der Waals surface area (Å²) in [6, 6.07) is -0.0654. The number of carbonyl (C=O) groups is 2. The lowest BCUT2D eigenvalue weighted by atomic mass is 10.2. The van der Waals surface area contributed by atoms with E-state index >= 15 is 0 Å². The maximum atomic E-state index is 11.1. The van der Waals surface area contributed by atoms with E-state index in [0.29, 0.717) is 0 Å². The summed E-state index contributed by atoms with van der Waals surface area (Å²) in [5.41, 5.74) is 0. The molecule has 1 rings (SSSR count). The first kappa shape index (κ1) is 8.99. The smallest absolute Gasteiger partial charge is 0.322 e. The lowest BCUT2D eigenvalue weighted by molar-refractivity contribution is -0.657. The van der Waals surface area contributed by atoms with Gasteiger partial charge in [-0.25, -0.2) is 0 Å². The zero-order valence-electron chi connectivity index (χ0n) is 6.75. The number of carbonyl (C=O) groups excluding carboxylic acids is 1. The van der Waals surface area contributed by atoms with Crippen LogP contribution in [0.4, 0.5) is 0 Å². The summed E-state index contributed by atoms with van der Waals surface area (Å²) in [5, 5.41) is 12.6. The molecule has 1 atom stereocenters. The molecule has 5 heteroatoms. The van der Waals surface area contributed by atoms with Crippen molar-refractivity contribution in [2.45, 2.75) is 18.9 Å². The van der Waals surface area contributed by atoms with Gasteiger partial charge in [-0.1, -0.05) is 0 Å². The molecule has 1 aliphatic heterocycles. The van der Waals surface area contributed by atoms with Crippen molar-refractivity contribution < 1.29 is 20.0 Å². The topological polar surface area (TPSA) is 83.0 Å². The van der Waals surface area contributed by atoms with E-state index in [4.69, 9.17) is 5.11 Å². The molecule has 0 saturated carbocycles. The Bertz CT molecular complexity index is 187. The Morgan fingerprint density at radius 2 is 2.33 bits per heavy atom. The van der Waals surface area contributed by atoms with Gasteiger partial charge in [0.25, 0.3) is 5.91 Å². The average molecular weight is 173 g/mol. The van der Waals surface area contributed by atoms with Crippen molar-refractivity contribution >= 4 is 11.9 Å². The number of hydrogen-bond acceptors (Lipinski definition) is 2. The first-order valence-corrected chi connectivity index (χ1v) is 4.03. The molecule has 1 heterocycles. The highest BCUT2D eigenvalue weighted by Crippen LogP contribution is 1.96. The van der Waals surface area contributed by atoms with Crippen LogP contribution in [0.1, 0.15) is 12.8 Å². The van der Waals surface area contributed by atoms with Gasteiger partial charge in [0.05, 0.1) is 6.54 Å². The Hall–Kier alpha value is -1.10. The van der Waals surface area contributed by atoms with Crippen LogP contribution in [0.25, 0.3) is 0 Å². The van der Waals surface area contributed by atoms with Crippen molar-refractivity contribution in [1.29, 1.82) is 0 Å². The molecule has 1 fully saturated rings. The predicted molar refractivity (Wildman–Crippen MR) is 40.5 cm³/mol. The van der Waals surface area contributed by atoms with Crippen LogP contribution >= 0.6 is 0 Å². The number of nitrogens with one attached hydrogen (secondary N) is 1. The van der Waals surface area contributed by atoms with E-state index in [2.05, 4.69) is 5.32 Å². The largest absolute Gasteiger partial charge is 0.480 e. The van der Waals surface area contributed by atoms with Crippen molar-refractivity contribution in [3.8, 4) is 0 Å². The fraction of sp³-hybridized carbons (Fsp3) is 0.714. The first-order valence-electron chi connectivity index (χ1n) is 4.03. The minimum absolute atomic E-state index is 0.0654. The number of amides is 1. The van der Waals surface area contributed by atoms with E-state index in [0.717, 1.165) is 19.4 Å². The second-order valence-corrected chi connectivity index (χ2v) is 2.88. The average Bonchev–Trinajstić information content (AvgIpc) is 2.51. The number of nitrogens with two attached hydrogens (primary N) is 1. The first-order chi connectivity index (χ1) is 5.70. The van der Waals surface area contributed by atoms with Gasteiger partial charge >= 0.3 is 5.97 Å². The van der Waals surface area contributed by atoms with Gasteiger partial charge in [-0.2, -0.15) is 0 Å². The van der Waals surface area contributed by atoms with Crippen LogP contribution in [0.5, 0.6) is 0 Å². The lowest BCUT2D eigenvalue weighted by Gasteiger charge is -2.05. The molecule has 0 spiro atoms. The molecule has 1 unspecified atom stereocenters. The van der Waals surface area contributed by atoms with Crippen LogP contribution in [0.15, 0.2) is 0 Å². The van der Waals surface area contributed by atoms with Crippen molar-refractivity contribution in [3.05, 3.63) is 0 Å². The van der Waals surface area contributed by atoms with E-state index in [1.54, 1.807) is 0 Å². The third kappa shape index (κ3) is 2.50. The van der Waals surface area contributed by atoms with Gasteiger partial charge in [0, 0.05) is 12.8 Å². The Labute approximate surface area is 70.1 Å². The summed E-state index contributed by atoms with van der Waals surface area (Å²) in [7, 11) is 0. The number of carboxylic acids is 1. The van der Waals surface area contributed by atoms with Crippen molar-refractivity contribution in [1.82, 2.24) is 5.32 Å². The van der Waals surface area contributed by atoms with E-state index in [1.807, 2.05) is 5.32 Å². The van der Waals surface area contributed by atoms with Gasteiger partial charge in [-0.3, -0.25) is 9.59 Å². The highest BCUT2D eigenvalue weighted by molar-refractivity contribution is 5.84. The third-order valence-corrected chi connectivity index (χ3v) is 1.92. The monoisotopic (exact) mass is 173 g/mol. The second kappa shape index (κ2) is 4.06. The van der Waals surface area contributed by atoms with Crippen LogP contribution in [0, 0.1) is 0 Å². The van der Waals surface area contributed by atoms with E-state index < -0.39 is 5.97 Å². The molecule has 1 aliphatic rings. The molecule has 5 nitrogen and oxygen atoms in total. The number of aliphatic carboxylic acids is 1. The summed E-state index contributed by atoms with van der Waals surface area (Å²) in [5.74, 6) is -1.16. The minimum atomic E-state index is -0.999. The van der Waals surface area contributed by atoms with Gasteiger partial charge in [0.15, 0.2) is 6.04 Å². The summed E-state index contributed by atoms with van der Waals surface area (Å²) in [4.78, 5) is 21.2. The Morgan fingerprint density at radius 1 is 1.58 bits per heavy atom. The molecule has 1 amide bonds. The zero-order chi connectivity index (χ0) is 8.97. The maximum Gasteiger partial charge on any atom is 0.322 e. The van der Waals surface area contributed by atoms with E-state index in [-0.39, 0.29) is 18.5 Å². The molecule has 0 radical (unpaired) electrons. The molecule has 0 aromatic heterocycles. The highest BCUT2D eigenvalue weighted by atomic mass is 16.4. The van der Waals surface area contributed by atoms with Gasteiger partial charge in [0.1, 0.15) is 6.54 Å². The number of carboxylic acid groups (broad SMARTS) is 1. The van der Waals surface area contributed by atoms with Gasteiger partial charge < -0.3 is 15.7 Å². The number of rotatable bonds is 3. The molecular weight excluding hydrogens is 160 g/mol. The summed E-state index contributed by atoms with van der Waals surface area (Å²) in [6.45, 7) is 0.689. The SMILES string of the molecule is O=C(O)CNC(=O)C1CCC[NH2+]1. The Balaban J connectivity index is 2.23. The second-order valence-electron chi connectivity index (χ2n) is 2.88. The van der Waals surface area contributed by atoms with Crippen LogP contribution < -0.4 is 10.6 Å². The van der Waals surface area contributed by atoms with Crippen molar-refractivity contribution in [3.63, 3.8) is 0 Å². The van der Waals surface area contributed by atoms with Crippen LogP contribution in [-0.2, 0) is 9.59 Å². The van der Waals surface area contributed by atoms with Gasteiger partial charge in [0.2, 0.25) is 0 Å². The predicted octanol–water partition coefficient (Wildman–Crippen LogP) is -2.09. The molecule has 12 heavy (non-hydrogen) atoms. The molecular formula is C7H13N2O3+. The zero-order valence-corrected chi connectivity index (χ0v) is 6.75. The fourth-order valence-electron chi connectivity index (χ4n) is 1.31. The summed E-state index contributed by atoms with van der Waals surface area (Å²) >= 11 is 0. The molecule has 1 saturated heterocycles. The molecule has 0 aliphatic carbocycles. The Morgan fingerprint density at radius 3 is 2.83 bits per heavy atom. The molecule has 4 N–H and O–H groups in total.